The molecule has 1 unspecified atom stereocenters. The Kier molecular flexibility index (Phi) is 2.92. The molecule has 0 spiro atoms. The number of terminal acetylenes is 1. The van der Waals surface area contributed by atoms with Crippen LogP contribution in [0.25, 0.3) is 0 Å². The standard InChI is InChI=1S/C15H14O/c1-2-9-15(10-8-14(16)12-15)11-13-6-4-3-5-7-13/h1,3-8,10H,9,11-12H2. The Balaban J connectivity index is 2.20. The van der Waals surface area contributed by atoms with Gasteiger partial charge in [0.05, 0.1) is 0 Å². The molecule has 0 saturated carbocycles. The SMILES string of the molecule is C#CCC1(Cc2ccccc2)C=CC(=O)C1. The van der Waals surface area contributed by atoms with Crippen LogP contribution in [0.2, 0.25) is 0 Å². The molecule has 80 valence electrons. The van der Waals surface area contributed by atoms with E-state index in [0.717, 1.165) is 6.42 Å². The van der Waals surface area contributed by atoms with Crippen molar-refractivity contribution in [2.75, 3.05) is 0 Å². The number of hydrogen-bond acceptors (Lipinski definition) is 1. The highest BCUT2D eigenvalue weighted by Gasteiger charge is 2.33. The lowest BCUT2D eigenvalue weighted by Gasteiger charge is -2.24. The van der Waals surface area contributed by atoms with Crippen LogP contribution < -0.4 is 0 Å². The third-order valence-electron chi connectivity index (χ3n) is 3.00. The van der Waals surface area contributed by atoms with Crippen molar-refractivity contribution in [1.82, 2.24) is 0 Å². The fourth-order valence-corrected chi connectivity index (χ4v) is 2.25. The minimum absolute atomic E-state index is 0.146. The highest BCUT2D eigenvalue weighted by molar-refractivity contribution is 5.93. The highest BCUT2D eigenvalue weighted by Crippen LogP contribution is 2.36. The molecule has 0 radical (unpaired) electrons. The fraction of sp³-hybridized carbons (Fsp3) is 0.267. The van der Waals surface area contributed by atoms with Gasteiger partial charge in [-0.3, -0.25) is 4.79 Å². The van der Waals surface area contributed by atoms with Crippen LogP contribution in [0.1, 0.15) is 18.4 Å². The number of hydrogen-bond donors (Lipinski definition) is 0. The second-order valence-electron chi connectivity index (χ2n) is 4.38. The molecule has 1 atom stereocenters. The van der Waals surface area contributed by atoms with Gasteiger partial charge < -0.3 is 0 Å². The average molecular weight is 210 g/mol. The van der Waals surface area contributed by atoms with E-state index in [1.54, 1.807) is 6.08 Å². The van der Waals surface area contributed by atoms with Crippen LogP contribution in [0, 0.1) is 17.8 Å². The molecule has 1 aliphatic carbocycles. The predicted molar refractivity (Wildman–Crippen MR) is 64.8 cm³/mol. The number of allylic oxidation sites excluding steroid dienone is 2. The van der Waals surface area contributed by atoms with E-state index < -0.39 is 0 Å². The molecule has 0 aromatic heterocycles. The lowest BCUT2D eigenvalue weighted by molar-refractivity contribution is -0.115. The van der Waals surface area contributed by atoms with E-state index in [2.05, 4.69) is 18.1 Å². The molecule has 16 heavy (non-hydrogen) atoms. The predicted octanol–water partition coefficient (Wildman–Crippen LogP) is 2.77. The van der Waals surface area contributed by atoms with Gasteiger partial charge in [0.15, 0.2) is 5.78 Å². The van der Waals surface area contributed by atoms with Gasteiger partial charge in [-0.15, -0.1) is 12.3 Å². The average Bonchev–Trinajstić information content (AvgIpc) is 2.62. The second kappa shape index (κ2) is 4.37. The van der Waals surface area contributed by atoms with Crippen molar-refractivity contribution >= 4 is 5.78 Å². The van der Waals surface area contributed by atoms with Gasteiger partial charge in [0, 0.05) is 18.3 Å². The number of carbonyl (C=O) groups excluding carboxylic acids is 1. The molecule has 0 amide bonds. The molecular weight excluding hydrogens is 196 g/mol. The van der Waals surface area contributed by atoms with Gasteiger partial charge in [-0.2, -0.15) is 0 Å². The van der Waals surface area contributed by atoms with E-state index in [1.807, 2.05) is 24.3 Å². The lowest BCUT2D eigenvalue weighted by Crippen LogP contribution is -2.19. The Morgan fingerprint density at radius 2 is 2.06 bits per heavy atom. The summed E-state index contributed by atoms with van der Waals surface area (Å²) in [6.07, 6.45) is 11.1. The van der Waals surface area contributed by atoms with Crippen molar-refractivity contribution in [2.45, 2.75) is 19.3 Å². The Labute approximate surface area is 96.2 Å². The maximum atomic E-state index is 11.4. The van der Waals surface area contributed by atoms with E-state index in [-0.39, 0.29) is 11.2 Å². The molecule has 1 aliphatic rings. The summed E-state index contributed by atoms with van der Waals surface area (Å²) in [5, 5.41) is 0. The second-order valence-corrected chi connectivity index (χ2v) is 4.38. The first kappa shape index (κ1) is 10.7. The van der Waals surface area contributed by atoms with Gasteiger partial charge in [-0.05, 0) is 18.1 Å². The molecule has 0 saturated heterocycles. The molecule has 2 rings (SSSR count). The zero-order valence-electron chi connectivity index (χ0n) is 9.15. The first-order chi connectivity index (χ1) is 7.74. The van der Waals surface area contributed by atoms with Crippen molar-refractivity contribution < 1.29 is 4.79 Å². The minimum atomic E-state index is -0.146. The van der Waals surface area contributed by atoms with E-state index in [1.165, 1.54) is 5.56 Å². The van der Waals surface area contributed by atoms with E-state index in [0.29, 0.717) is 12.8 Å². The largest absolute Gasteiger partial charge is 0.295 e. The maximum absolute atomic E-state index is 11.4. The fourth-order valence-electron chi connectivity index (χ4n) is 2.25. The van der Waals surface area contributed by atoms with Crippen LogP contribution in [0.15, 0.2) is 42.5 Å². The topological polar surface area (TPSA) is 17.1 Å². The zero-order valence-corrected chi connectivity index (χ0v) is 9.15. The zero-order chi connectivity index (χ0) is 11.4. The Hall–Kier alpha value is -1.81. The lowest BCUT2D eigenvalue weighted by atomic mass is 9.78. The number of ketones is 1. The first-order valence-corrected chi connectivity index (χ1v) is 5.44. The Morgan fingerprint density at radius 1 is 1.31 bits per heavy atom. The van der Waals surface area contributed by atoms with Crippen molar-refractivity contribution in [3.63, 3.8) is 0 Å². The smallest absolute Gasteiger partial charge is 0.156 e. The molecule has 0 bridgehead atoms. The van der Waals surface area contributed by atoms with Crippen molar-refractivity contribution in [3.8, 4) is 12.3 Å². The van der Waals surface area contributed by atoms with Gasteiger partial charge in [0.1, 0.15) is 0 Å². The summed E-state index contributed by atoms with van der Waals surface area (Å²) in [6, 6.07) is 10.2. The normalized spacial score (nSPS) is 23.3. The van der Waals surface area contributed by atoms with Crippen LogP contribution in [0.5, 0.6) is 0 Å². The third-order valence-corrected chi connectivity index (χ3v) is 3.00. The van der Waals surface area contributed by atoms with Gasteiger partial charge in [0.2, 0.25) is 0 Å². The molecule has 0 heterocycles. The first-order valence-electron chi connectivity index (χ1n) is 5.44. The number of rotatable bonds is 3. The van der Waals surface area contributed by atoms with Crippen molar-refractivity contribution in [3.05, 3.63) is 48.0 Å². The summed E-state index contributed by atoms with van der Waals surface area (Å²) in [6.45, 7) is 0. The van der Waals surface area contributed by atoms with Gasteiger partial charge >= 0.3 is 0 Å². The van der Waals surface area contributed by atoms with Crippen LogP contribution in [-0.4, -0.2) is 5.78 Å². The van der Waals surface area contributed by atoms with Crippen LogP contribution in [0.4, 0.5) is 0 Å². The summed E-state index contributed by atoms with van der Waals surface area (Å²) in [5.74, 6) is 2.87. The van der Waals surface area contributed by atoms with Gasteiger partial charge in [-0.25, -0.2) is 0 Å². The van der Waals surface area contributed by atoms with Crippen LogP contribution in [0.3, 0.4) is 0 Å². The molecule has 0 fully saturated rings. The molecule has 1 aromatic rings. The van der Waals surface area contributed by atoms with Gasteiger partial charge in [0.25, 0.3) is 0 Å². The summed E-state index contributed by atoms with van der Waals surface area (Å²) in [5.41, 5.74) is 1.09. The Morgan fingerprint density at radius 3 is 2.62 bits per heavy atom. The third kappa shape index (κ3) is 2.23. The van der Waals surface area contributed by atoms with Gasteiger partial charge in [-0.1, -0.05) is 36.4 Å². The quantitative estimate of drug-likeness (QED) is 0.701. The maximum Gasteiger partial charge on any atom is 0.156 e. The molecule has 1 heteroatoms. The molecule has 0 N–H and O–H groups in total. The molecule has 1 aromatic carbocycles. The van der Waals surface area contributed by atoms with Crippen molar-refractivity contribution in [2.24, 2.45) is 5.41 Å². The number of benzene rings is 1. The monoisotopic (exact) mass is 210 g/mol. The minimum Gasteiger partial charge on any atom is -0.295 e. The highest BCUT2D eigenvalue weighted by atomic mass is 16.1. The molecule has 0 aliphatic heterocycles. The summed E-state index contributed by atoms with van der Waals surface area (Å²) in [7, 11) is 0. The van der Waals surface area contributed by atoms with E-state index in [9.17, 15) is 4.79 Å². The van der Waals surface area contributed by atoms with Crippen LogP contribution >= 0.6 is 0 Å². The van der Waals surface area contributed by atoms with E-state index >= 15 is 0 Å². The molecular formula is C15H14O. The van der Waals surface area contributed by atoms with Crippen LogP contribution in [-0.2, 0) is 11.2 Å². The Bertz CT molecular complexity index is 450. The van der Waals surface area contributed by atoms with E-state index in [4.69, 9.17) is 6.42 Å². The summed E-state index contributed by atoms with van der Waals surface area (Å²) in [4.78, 5) is 11.4. The summed E-state index contributed by atoms with van der Waals surface area (Å²) < 4.78 is 0. The summed E-state index contributed by atoms with van der Waals surface area (Å²) >= 11 is 0. The molecule has 1 nitrogen and oxygen atoms in total. The van der Waals surface area contributed by atoms with Crippen molar-refractivity contribution in [1.29, 1.82) is 0 Å². The number of carbonyl (C=O) groups is 1.